The quantitative estimate of drug-likeness (QED) is 0.216. The summed E-state index contributed by atoms with van der Waals surface area (Å²) in [6, 6.07) is 27.0. The number of rotatable bonds is 2. The van der Waals surface area contributed by atoms with Gasteiger partial charge in [0.25, 0.3) is 6.33 Å². The number of imidazole rings is 1. The van der Waals surface area contributed by atoms with Gasteiger partial charge in [-0.2, -0.15) is 27.6 Å². The second-order valence-corrected chi connectivity index (χ2v) is 10.0. The monoisotopic (exact) mass is 501 g/mol. The van der Waals surface area contributed by atoms with Gasteiger partial charge in [0.2, 0.25) is 0 Å². The Bertz CT molecular complexity index is 1480. The summed E-state index contributed by atoms with van der Waals surface area (Å²) in [5, 5.41) is 9.66. The molecule has 3 aromatic carbocycles. The van der Waals surface area contributed by atoms with Crippen molar-refractivity contribution in [2.24, 2.45) is 0 Å². The van der Waals surface area contributed by atoms with E-state index >= 15 is 0 Å². The van der Waals surface area contributed by atoms with Gasteiger partial charge < -0.3 is 4.55 Å². The van der Waals surface area contributed by atoms with Crippen LogP contribution in [0.5, 0.6) is 0 Å². The maximum Gasteiger partial charge on any atom is 0.485 e. The number of benzene rings is 3. The third kappa shape index (κ3) is 5.70. The molecule has 0 fully saturated rings. The Hall–Kier alpha value is -3.68. The molecule has 4 rings (SSSR count). The summed E-state index contributed by atoms with van der Waals surface area (Å²) in [6.07, 6.45) is 2.06. The molecular weight excluding hydrogens is 479 g/mol. The first kappa shape index (κ1) is 25.9. The summed E-state index contributed by atoms with van der Waals surface area (Å²) in [5.41, 5.74) is 0.480. The van der Waals surface area contributed by atoms with Crippen LogP contribution >= 0.6 is 0 Å². The number of fused-ring (bicyclic) bond motifs is 1. The van der Waals surface area contributed by atoms with E-state index in [1.54, 1.807) is 0 Å². The average Bonchev–Trinajstić information content (AvgIpc) is 3.18. The molecule has 0 atom stereocenters. The summed E-state index contributed by atoms with van der Waals surface area (Å²) in [4.78, 5) is 0. The topological polar surface area (TPSA) is 89.8 Å². The van der Waals surface area contributed by atoms with Crippen molar-refractivity contribution in [3.8, 4) is 17.4 Å². The molecule has 0 aliphatic heterocycles. The van der Waals surface area contributed by atoms with Gasteiger partial charge in [0.1, 0.15) is 23.0 Å². The molecule has 0 aliphatic rings. The van der Waals surface area contributed by atoms with Crippen molar-refractivity contribution in [1.82, 2.24) is 4.57 Å². The minimum Gasteiger partial charge on any atom is -0.741 e. The predicted molar refractivity (Wildman–Crippen MR) is 124 cm³/mol. The van der Waals surface area contributed by atoms with Crippen LogP contribution in [0.1, 0.15) is 31.9 Å². The largest absolute Gasteiger partial charge is 0.741 e. The van der Waals surface area contributed by atoms with Gasteiger partial charge in [-0.25, -0.2) is 8.42 Å². The standard InChI is InChI=1S/C24H22N3.CHF3O3S/c1-24(2,3)19-12-14-21(15-13-19)27-17-26(20-9-5-4-6-10-20)22-11-7-8-18(16-25)23(22)27;2-1(3,4)8(5,6)7/h4-15,17H,1-3H3;(H,5,6,7)/q+1;/p-1. The first-order chi connectivity index (χ1) is 16.2. The van der Waals surface area contributed by atoms with E-state index in [-0.39, 0.29) is 5.41 Å². The third-order valence-corrected chi connectivity index (χ3v) is 5.76. The summed E-state index contributed by atoms with van der Waals surface area (Å²) >= 11 is 0. The molecule has 0 unspecified atom stereocenters. The SMILES string of the molecule is CC(C)(C)c1ccc(-[n+]2cn(-c3ccccc3)c3cccc(C#N)c32)cc1.O=S(=O)([O-])C(F)(F)F. The Morgan fingerprint density at radius 1 is 0.914 bits per heavy atom. The molecule has 0 saturated carbocycles. The van der Waals surface area contributed by atoms with Gasteiger partial charge in [-0.05, 0) is 47.4 Å². The van der Waals surface area contributed by atoms with Crippen molar-refractivity contribution >= 4 is 21.2 Å². The lowest BCUT2D eigenvalue weighted by molar-refractivity contribution is -0.567. The molecular formula is C25H22F3N3O3S. The van der Waals surface area contributed by atoms with E-state index in [9.17, 15) is 18.4 Å². The average molecular weight is 502 g/mol. The van der Waals surface area contributed by atoms with Crippen LogP contribution in [0, 0.1) is 11.3 Å². The zero-order valence-electron chi connectivity index (χ0n) is 19.1. The van der Waals surface area contributed by atoms with Crippen LogP contribution in [0.25, 0.3) is 22.4 Å². The summed E-state index contributed by atoms with van der Waals surface area (Å²) in [7, 11) is -6.09. The van der Waals surface area contributed by atoms with E-state index in [0.717, 1.165) is 22.4 Å². The smallest absolute Gasteiger partial charge is 0.485 e. The highest BCUT2D eigenvalue weighted by molar-refractivity contribution is 7.86. The van der Waals surface area contributed by atoms with Crippen LogP contribution in [0.15, 0.2) is 79.1 Å². The van der Waals surface area contributed by atoms with Gasteiger partial charge in [0.05, 0.1) is 0 Å². The minimum atomic E-state index is -6.09. The fraction of sp³-hybridized carbons (Fsp3) is 0.200. The molecule has 0 spiro atoms. The molecule has 0 N–H and O–H groups in total. The lowest BCUT2D eigenvalue weighted by Gasteiger charge is -2.18. The normalized spacial score (nSPS) is 12.1. The molecule has 0 aliphatic carbocycles. The van der Waals surface area contributed by atoms with Gasteiger partial charge >= 0.3 is 5.51 Å². The Morgan fingerprint density at radius 3 is 1.97 bits per heavy atom. The molecule has 1 aromatic heterocycles. The lowest BCUT2D eigenvalue weighted by atomic mass is 9.87. The van der Waals surface area contributed by atoms with E-state index < -0.39 is 15.6 Å². The number of alkyl halides is 3. The molecule has 0 bridgehead atoms. The second-order valence-electron chi connectivity index (χ2n) is 8.67. The van der Waals surface area contributed by atoms with Gasteiger partial charge in [0, 0.05) is 0 Å². The van der Waals surface area contributed by atoms with E-state index in [2.05, 4.69) is 84.8 Å². The second kappa shape index (κ2) is 9.52. The Morgan fingerprint density at radius 2 is 1.49 bits per heavy atom. The maximum absolute atomic E-state index is 10.7. The number of hydrogen-bond donors (Lipinski definition) is 0. The third-order valence-electron chi connectivity index (χ3n) is 5.20. The predicted octanol–water partition coefficient (Wildman–Crippen LogP) is 5.13. The molecule has 10 heteroatoms. The zero-order valence-corrected chi connectivity index (χ0v) is 19.9. The van der Waals surface area contributed by atoms with E-state index in [1.807, 2.05) is 30.3 Å². The Kier molecular flexibility index (Phi) is 7.06. The van der Waals surface area contributed by atoms with Crippen molar-refractivity contribution in [2.75, 3.05) is 0 Å². The minimum absolute atomic E-state index is 0.110. The molecule has 182 valence electrons. The molecule has 1 heterocycles. The highest BCUT2D eigenvalue weighted by Gasteiger charge is 2.37. The van der Waals surface area contributed by atoms with Crippen LogP contribution in [-0.2, 0) is 15.5 Å². The van der Waals surface area contributed by atoms with Crippen molar-refractivity contribution < 1.29 is 30.7 Å². The zero-order chi connectivity index (χ0) is 26.0. The fourth-order valence-electron chi connectivity index (χ4n) is 3.42. The number of nitriles is 1. The van der Waals surface area contributed by atoms with Crippen molar-refractivity contribution in [1.29, 1.82) is 5.26 Å². The van der Waals surface area contributed by atoms with Crippen molar-refractivity contribution in [3.63, 3.8) is 0 Å². The van der Waals surface area contributed by atoms with Crippen LogP contribution in [0.3, 0.4) is 0 Å². The number of halogens is 3. The molecule has 4 aromatic rings. The first-order valence-corrected chi connectivity index (χ1v) is 11.8. The lowest BCUT2D eigenvalue weighted by Crippen LogP contribution is -2.29. The number of aromatic nitrogens is 2. The van der Waals surface area contributed by atoms with Crippen LogP contribution in [-0.4, -0.2) is 23.0 Å². The van der Waals surface area contributed by atoms with E-state index in [4.69, 9.17) is 13.0 Å². The highest BCUT2D eigenvalue weighted by atomic mass is 32.2. The van der Waals surface area contributed by atoms with Crippen LogP contribution in [0.4, 0.5) is 13.2 Å². The number of hydrogen-bond acceptors (Lipinski definition) is 4. The summed E-state index contributed by atoms with van der Waals surface area (Å²) < 4.78 is 63.1. The van der Waals surface area contributed by atoms with Gasteiger partial charge in [-0.15, -0.1) is 0 Å². The van der Waals surface area contributed by atoms with E-state index in [0.29, 0.717) is 5.56 Å². The maximum atomic E-state index is 10.7. The summed E-state index contributed by atoms with van der Waals surface area (Å²) in [6.45, 7) is 6.64. The Balaban J connectivity index is 0.000000371. The molecule has 0 saturated heterocycles. The number of nitrogens with zero attached hydrogens (tertiary/aromatic N) is 3. The number of para-hydroxylation sites is 2. The Labute approximate surface area is 201 Å². The van der Waals surface area contributed by atoms with Gasteiger partial charge in [-0.1, -0.05) is 57.2 Å². The first-order valence-electron chi connectivity index (χ1n) is 10.4. The van der Waals surface area contributed by atoms with Crippen LogP contribution in [0.2, 0.25) is 0 Å². The molecule has 6 nitrogen and oxygen atoms in total. The van der Waals surface area contributed by atoms with Crippen molar-refractivity contribution in [2.45, 2.75) is 31.7 Å². The van der Waals surface area contributed by atoms with E-state index in [1.165, 1.54) is 5.56 Å². The molecule has 0 amide bonds. The fourth-order valence-corrected chi connectivity index (χ4v) is 3.42. The summed E-state index contributed by atoms with van der Waals surface area (Å²) in [5.74, 6) is 0. The molecule has 0 radical (unpaired) electrons. The van der Waals surface area contributed by atoms with Gasteiger partial charge in [-0.3, -0.25) is 0 Å². The van der Waals surface area contributed by atoms with Crippen molar-refractivity contribution in [3.05, 3.63) is 90.3 Å². The molecule has 35 heavy (non-hydrogen) atoms. The van der Waals surface area contributed by atoms with Gasteiger partial charge in [0.15, 0.2) is 21.2 Å². The van der Waals surface area contributed by atoms with Crippen LogP contribution < -0.4 is 4.57 Å². The highest BCUT2D eigenvalue weighted by Crippen LogP contribution is 2.25.